The second-order valence-corrected chi connectivity index (χ2v) is 7.42. The zero-order valence-electron chi connectivity index (χ0n) is 15.8. The van der Waals surface area contributed by atoms with Gasteiger partial charge in [0.1, 0.15) is 5.82 Å². The van der Waals surface area contributed by atoms with Gasteiger partial charge in [-0.25, -0.2) is 4.98 Å². The number of hydrogen-bond donors (Lipinski definition) is 2. The highest BCUT2D eigenvalue weighted by Crippen LogP contribution is 2.32. The molecule has 2 heterocycles. The summed E-state index contributed by atoms with van der Waals surface area (Å²) in [7, 11) is 1.59. The smallest absolute Gasteiger partial charge is 0.385 e. The third-order valence-electron chi connectivity index (χ3n) is 4.23. The first-order valence-corrected chi connectivity index (χ1v) is 9.35. The van der Waals surface area contributed by atoms with Gasteiger partial charge < -0.3 is 20.3 Å². The van der Waals surface area contributed by atoms with E-state index >= 15 is 0 Å². The first kappa shape index (κ1) is 21.6. The predicted molar refractivity (Wildman–Crippen MR) is 103 cm³/mol. The fourth-order valence-electron chi connectivity index (χ4n) is 3.21. The third-order valence-corrected chi connectivity index (χ3v) is 4.48. The lowest BCUT2D eigenvalue weighted by Gasteiger charge is -2.36. The van der Waals surface area contributed by atoms with Crippen LogP contribution in [0.3, 0.4) is 0 Å². The highest BCUT2D eigenvalue weighted by atomic mass is 32.1. The Bertz CT molecular complexity index is 633. The van der Waals surface area contributed by atoms with Crippen LogP contribution in [0.2, 0.25) is 0 Å². The number of ether oxygens (including phenoxy) is 1. The lowest BCUT2D eigenvalue weighted by Crippen LogP contribution is -2.39. The summed E-state index contributed by atoms with van der Waals surface area (Å²) < 4.78 is 44.8. The van der Waals surface area contributed by atoms with E-state index in [2.05, 4.69) is 34.4 Å². The van der Waals surface area contributed by atoms with Gasteiger partial charge >= 0.3 is 6.18 Å². The molecule has 1 aliphatic heterocycles. The molecule has 0 unspecified atom stereocenters. The van der Waals surface area contributed by atoms with Crippen LogP contribution in [0.25, 0.3) is 0 Å². The van der Waals surface area contributed by atoms with Crippen LogP contribution in [0.15, 0.2) is 6.07 Å². The van der Waals surface area contributed by atoms with Crippen LogP contribution < -0.4 is 15.5 Å². The molecule has 0 saturated carbocycles. The molecule has 1 aromatic heterocycles. The molecule has 0 aliphatic carbocycles. The molecule has 152 valence electrons. The van der Waals surface area contributed by atoms with Crippen molar-refractivity contribution in [1.29, 1.82) is 0 Å². The Morgan fingerprint density at radius 2 is 1.96 bits per heavy atom. The van der Waals surface area contributed by atoms with Crippen LogP contribution in [0.5, 0.6) is 0 Å². The molecule has 1 fully saturated rings. The second-order valence-electron chi connectivity index (χ2n) is 7.01. The molecule has 0 radical (unpaired) electrons. The minimum absolute atomic E-state index is 0.157. The standard InChI is InChI=1S/C17H26F3N5OS/c1-11-7-12(2)10-25(9-11)14-8-13(17(18,19)20)22-15(23-14)24-16(27)21-5-4-6-26-3/h8,11-12H,4-7,9-10H2,1-3H3,(H2,21,22,23,24,27)/t11-,12-/m0/s1. The first-order valence-electron chi connectivity index (χ1n) is 8.94. The molecule has 0 bridgehead atoms. The summed E-state index contributed by atoms with van der Waals surface area (Å²) >= 11 is 5.12. The average molecular weight is 405 g/mol. The van der Waals surface area contributed by atoms with Gasteiger partial charge in [0.15, 0.2) is 10.8 Å². The van der Waals surface area contributed by atoms with Gasteiger partial charge in [0.05, 0.1) is 0 Å². The molecule has 1 aromatic rings. The summed E-state index contributed by atoms with van der Waals surface area (Å²) in [5.74, 6) is 0.881. The largest absolute Gasteiger partial charge is 0.433 e. The van der Waals surface area contributed by atoms with Gasteiger partial charge in [0, 0.05) is 39.4 Å². The van der Waals surface area contributed by atoms with Gasteiger partial charge in [-0.05, 0) is 36.9 Å². The van der Waals surface area contributed by atoms with Crippen LogP contribution >= 0.6 is 12.2 Å². The van der Waals surface area contributed by atoms with Gasteiger partial charge in [-0.2, -0.15) is 18.2 Å². The van der Waals surface area contributed by atoms with E-state index in [1.807, 2.05) is 4.90 Å². The Kier molecular flexibility index (Phi) is 7.60. The molecule has 0 spiro atoms. The molecular formula is C17H26F3N5OS. The zero-order valence-corrected chi connectivity index (χ0v) is 16.6. The van der Waals surface area contributed by atoms with Crippen molar-refractivity contribution in [2.75, 3.05) is 43.6 Å². The van der Waals surface area contributed by atoms with Crippen molar-refractivity contribution in [1.82, 2.24) is 15.3 Å². The Labute approximate surface area is 162 Å². The van der Waals surface area contributed by atoms with Crippen LogP contribution in [0.1, 0.15) is 32.4 Å². The monoisotopic (exact) mass is 405 g/mol. The first-order chi connectivity index (χ1) is 12.7. The molecule has 1 aliphatic rings. The number of nitrogens with one attached hydrogen (secondary N) is 2. The molecule has 1 saturated heterocycles. The number of piperidine rings is 1. The third kappa shape index (κ3) is 6.76. The summed E-state index contributed by atoms with van der Waals surface area (Å²) in [5.41, 5.74) is -0.983. The average Bonchev–Trinajstić information content (AvgIpc) is 2.57. The van der Waals surface area contributed by atoms with Crippen LogP contribution in [-0.4, -0.2) is 48.4 Å². The topological polar surface area (TPSA) is 62.3 Å². The van der Waals surface area contributed by atoms with Crippen molar-refractivity contribution in [2.45, 2.75) is 32.9 Å². The van der Waals surface area contributed by atoms with E-state index in [9.17, 15) is 13.2 Å². The van der Waals surface area contributed by atoms with Crippen LogP contribution in [0, 0.1) is 11.8 Å². The number of rotatable bonds is 6. The number of nitrogens with zero attached hydrogens (tertiary/aromatic N) is 3. The number of thiocarbonyl (C=S) groups is 1. The molecule has 0 aromatic carbocycles. The quantitative estimate of drug-likeness (QED) is 0.556. The van der Waals surface area contributed by atoms with E-state index in [0.717, 1.165) is 18.9 Å². The lowest BCUT2D eigenvalue weighted by atomic mass is 9.92. The number of halogens is 3. The number of aromatic nitrogens is 2. The van der Waals surface area contributed by atoms with E-state index in [1.54, 1.807) is 7.11 Å². The van der Waals surface area contributed by atoms with E-state index in [4.69, 9.17) is 17.0 Å². The molecule has 2 N–H and O–H groups in total. The summed E-state index contributed by atoms with van der Waals surface area (Å²) in [6.07, 6.45) is -2.79. The molecular weight excluding hydrogens is 379 g/mol. The number of anilines is 2. The fourth-order valence-corrected chi connectivity index (χ4v) is 3.41. The SMILES string of the molecule is COCCCNC(=S)Nc1nc(N2C[C@@H](C)C[C@H](C)C2)cc(C(F)(F)F)n1. The molecule has 0 amide bonds. The molecule has 27 heavy (non-hydrogen) atoms. The second kappa shape index (κ2) is 9.50. The number of hydrogen-bond acceptors (Lipinski definition) is 5. The van der Waals surface area contributed by atoms with Gasteiger partial charge in [0.2, 0.25) is 5.95 Å². The highest BCUT2D eigenvalue weighted by Gasteiger charge is 2.35. The van der Waals surface area contributed by atoms with Gasteiger partial charge in [-0.3, -0.25) is 0 Å². The molecule has 2 atom stereocenters. The maximum atomic E-state index is 13.3. The lowest BCUT2D eigenvalue weighted by molar-refractivity contribution is -0.141. The maximum absolute atomic E-state index is 13.3. The summed E-state index contributed by atoms with van der Waals surface area (Å²) in [6.45, 7) is 6.60. The Balaban J connectivity index is 2.17. The van der Waals surface area contributed by atoms with Gasteiger partial charge in [-0.1, -0.05) is 13.8 Å². The minimum atomic E-state index is -4.56. The number of methoxy groups -OCH3 is 1. The molecule has 6 nitrogen and oxygen atoms in total. The van der Waals surface area contributed by atoms with Crippen molar-refractivity contribution in [3.05, 3.63) is 11.8 Å². The van der Waals surface area contributed by atoms with Crippen molar-refractivity contribution < 1.29 is 17.9 Å². The van der Waals surface area contributed by atoms with Crippen LogP contribution in [-0.2, 0) is 10.9 Å². The highest BCUT2D eigenvalue weighted by molar-refractivity contribution is 7.80. The van der Waals surface area contributed by atoms with Crippen LogP contribution in [0.4, 0.5) is 24.9 Å². The Morgan fingerprint density at radius 3 is 2.56 bits per heavy atom. The fraction of sp³-hybridized carbons (Fsp3) is 0.706. The van der Waals surface area contributed by atoms with E-state index in [-0.39, 0.29) is 16.9 Å². The van der Waals surface area contributed by atoms with Crippen molar-refractivity contribution in [3.8, 4) is 0 Å². The molecule has 2 rings (SSSR count). The zero-order chi connectivity index (χ0) is 20.0. The normalized spacial score (nSPS) is 20.4. The number of alkyl halides is 3. The summed E-state index contributed by atoms with van der Waals surface area (Å²) in [4.78, 5) is 9.76. The van der Waals surface area contributed by atoms with Crippen molar-refractivity contribution >= 4 is 29.1 Å². The van der Waals surface area contributed by atoms with E-state index in [0.29, 0.717) is 38.1 Å². The summed E-state index contributed by atoms with van der Waals surface area (Å²) in [6, 6.07) is 1.00. The van der Waals surface area contributed by atoms with Crippen molar-refractivity contribution in [3.63, 3.8) is 0 Å². The Morgan fingerprint density at radius 1 is 1.30 bits per heavy atom. The van der Waals surface area contributed by atoms with E-state index < -0.39 is 11.9 Å². The van der Waals surface area contributed by atoms with Crippen molar-refractivity contribution in [2.24, 2.45) is 11.8 Å². The van der Waals surface area contributed by atoms with E-state index in [1.165, 1.54) is 0 Å². The van der Waals surface area contributed by atoms with Gasteiger partial charge in [-0.15, -0.1) is 0 Å². The predicted octanol–water partition coefficient (Wildman–Crippen LogP) is 3.30. The maximum Gasteiger partial charge on any atom is 0.433 e. The Hall–Kier alpha value is -1.68. The summed E-state index contributed by atoms with van der Waals surface area (Å²) in [5, 5.41) is 5.74. The molecule has 10 heteroatoms. The minimum Gasteiger partial charge on any atom is -0.385 e. The van der Waals surface area contributed by atoms with Gasteiger partial charge in [0.25, 0.3) is 0 Å².